The highest BCUT2D eigenvalue weighted by atomic mass is 35.5. The number of hydrogen-bond donors (Lipinski definition) is 2. The zero-order valence-corrected chi connectivity index (χ0v) is 15.7. The van der Waals surface area contributed by atoms with E-state index in [1.807, 2.05) is 32.9 Å². The Labute approximate surface area is 160 Å². The zero-order valence-electron chi connectivity index (χ0n) is 14.9. The molecule has 2 N–H and O–H groups in total. The van der Waals surface area contributed by atoms with Crippen molar-refractivity contribution in [2.24, 2.45) is 5.10 Å². The van der Waals surface area contributed by atoms with Gasteiger partial charge in [-0.2, -0.15) is 5.10 Å². The number of hydrogen-bond acceptors (Lipinski definition) is 6. The molecule has 0 radical (unpaired) electrons. The van der Waals surface area contributed by atoms with E-state index in [4.69, 9.17) is 16.3 Å². The molecule has 0 aromatic heterocycles. The number of halogens is 1. The number of ether oxygens (including phenoxy) is 1. The SMILES string of the molecule is Cc1ccc(C)c(OCC(=O)NN=Cc2cc(Cl)cc([N+](=O)[O-])c2O)c1C. The third-order valence-electron chi connectivity index (χ3n) is 3.89. The van der Waals surface area contributed by atoms with Crippen molar-refractivity contribution in [3.05, 3.63) is 61.7 Å². The molecule has 1 amide bonds. The molecule has 2 rings (SSSR count). The molecule has 0 bridgehead atoms. The normalized spacial score (nSPS) is 10.8. The van der Waals surface area contributed by atoms with Gasteiger partial charge in [0.25, 0.3) is 5.91 Å². The summed E-state index contributed by atoms with van der Waals surface area (Å²) in [6, 6.07) is 6.18. The molecule has 0 aliphatic rings. The first-order chi connectivity index (χ1) is 12.7. The van der Waals surface area contributed by atoms with Crippen LogP contribution in [0, 0.1) is 30.9 Å². The second-order valence-corrected chi connectivity index (χ2v) is 6.29. The maximum absolute atomic E-state index is 11.9. The first kappa shape index (κ1) is 20.2. The van der Waals surface area contributed by atoms with Crippen LogP contribution < -0.4 is 10.2 Å². The summed E-state index contributed by atoms with van der Waals surface area (Å²) in [4.78, 5) is 22.0. The minimum atomic E-state index is -0.766. The molecular formula is C18H18ClN3O5. The summed E-state index contributed by atoms with van der Waals surface area (Å²) >= 11 is 5.78. The van der Waals surface area contributed by atoms with Gasteiger partial charge in [-0.15, -0.1) is 0 Å². The Balaban J connectivity index is 2.02. The minimum Gasteiger partial charge on any atom is -0.502 e. The van der Waals surface area contributed by atoms with Gasteiger partial charge in [0.1, 0.15) is 5.75 Å². The van der Waals surface area contributed by atoms with Crippen LogP contribution >= 0.6 is 11.6 Å². The molecule has 2 aromatic carbocycles. The number of aromatic hydroxyl groups is 1. The Kier molecular flexibility index (Phi) is 6.36. The summed E-state index contributed by atoms with van der Waals surface area (Å²) in [6.07, 6.45) is 1.06. The Bertz CT molecular complexity index is 928. The van der Waals surface area contributed by atoms with Gasteiger partial charge in [0.05, 0.1) is 11.1 Å². The molecule has 9 heteroatoms. The minimum absolute atomic E-state index is 0.000733. The lowest BCUT2D eigenvalue weighted by Crippen LogP contribution is -2.25. The Morgan fingerprint density at radius 3 is 2.67 bits per heavy atom. The Hall–Kier alpha value is -3.13. The number of amides is 1. The van der Waals surface area contributed by atoms with Gasteiger partial charge in [0.15, 0.2) is 6.61 Å². The lowest BCUT2D eigenvalue weighted by molar-refractivity contribution is -0.385. The number of benzene rings is 2. The van der Waals surface area contributed by atoms with E-state index in [1.165, 1.54) is 6.07 Å². The molecule has 0 aliphatic carbocycles. The van der Waals surface area contributed by atoms with Crippen LogP contribution in [0.15, 0.2) is 29.4 Å². The van der Waals surface area contributed by atoms with Crippen molar-refractivity contribution >= 4 is 29.4 Å². The van der Waals surface area contributed by atoms with Crippen LogP contribution in [0.3, 0.4) is 0 Å². The molecule has 0 saturated carbocycles. The van der Waals surface area contributed by atoms with Crippen LogP contribution in [0.1, 0.15) is 22.3 Å². The van der Waals surface area contributed by atoms with Gasteiger partial charge < -0.3 is 9.84 Å². The van der Waals surface area contributed by atoms with E-state index in [2.05, 4.69) is 10.5 Å². The maximum atomic E-state index is 11.9. The molecule has 142 valence electrons. The Morgan fingerprint density at radius 1 is 1.33 bits per heavy atom. The summed E-state index contributed by atoms with van der Waals surface area (Å²) < 4.78 is 5.56. The fraction of sp³-hybridized carbons (Fsp3) is 0.222. The first-order valence-electron chi connectivity index (χ1n) is 7.89. The molecule has 2 aromatic rings. The largest absolute Gasteiger partial charge is 0.502 e. The molecule has 0 aliphatic heterocycles. The van der Waals surface area contributed by atoms with Gasteiger partial charge in [-0.1, -0.05) is 23.7 Å². The summed E-state index contributed by atoms with van der Waals surface area (Å²) in [5.74, 6) is -0.482. The van der Waals surface area contributed by atoms with E-state index in [9.17, 15) is 20.0 Å². The van der Waals surface area contributed by atoms with Crippen molar-refractivity contribution in [2.75, 3.05) is 6.61 Å². The number of nitro groups is 1. The fourth-order valence-electron chi connectivity index (χ4n) is 2.33. The molecule has 0 spiro atoms. The second kappa shape index (κ2) is 8.50. The van der Waals surface area contributed by atoms with E-state index in [1.54, 1.807) is 0 Å². The van der Waals surface area contributed by atoms with Crippen LogP contribution in [-0.4, -0.2) is 28.8 Å². The Morgan fingerprint density at radius 2 is 2.00 bits per heavy atom. The molecule has 0 heterocycles. The highest BCUT2D eigenvalue weighted by Gasteiger charge is 2.17. The van der Waals surface area contributed by atoms with Crippen molar-refractivity contribution in [3.8, 4) is 11.5 Å². The van der Waals surface area contributed by atoms with Crippen LogP contribution in [0.2, 0.25) is 5.02 Å². The van der Waals surface area contributed by atoms with Gasteiger partial charge in [-0.3, -0.25) is 14.9 Å². The van der Waals surface area contributed by atoms with Crippen molar-refractivity contribution < 1.29 is 19.6 Å². The number of phenolic OH excluding ortho intramolecular Hbond substituents is 1. The van der Waals surface area contributed by atoms with Gasteiger partial charge in [-0.25, -0.2) is 5.43 Å². The third-order valence-corrected chi connectivity index (χ3v) is 4.11. The van der Waals surface area contributed by atoms with E-state index in [0.717, 1.165) is 29.0 Å². The average molecular weight is 392 g/mol. The highest BCUT2D eigenvalue weighted by Crippen LogP contribution is 2.32. The number of rotatable bonds is 6. The lowest BCUT2D eigenvalue weighted by Gasteiger charge is -2.13. The number of nitrogens with zero attached hydrogens (tertiary/aromatic N) is 2. The van der Waals surface area contributed by atoms with Crippen LogP contribution in [-0.2, 0) is 4.79 Å². The predicted molar refractivity (Wildman–Crippen MR) is 102 cm³/mol. The van der Waals surface area contributed by atoms with Gasteiger partial charge in [0, 0.05) is 16.7 Å². The summed E-state index contributed by atoms with van der Waals surface area (Å²) in [5.41, 5.74) is 4.58. The van der Waals surface area contributed by atoms with E-state index < -0.39 is 22.3 Å². The van der Waals surface area contributed by atoms with Gasteiger partial charge >= 0.3 is 5.69 Å². The number of aryl methyl sites for hydroxylation is 2. The number of nitro benzene ring substituents is 1. The molecular weight excluding hydrogens is 374 g/mol. The van der Waals surface area contributed by atoms with Crippen molar-refractivity contribution in [2.45, 2.75) is 20.8 Å². The third kappa shape index (κ3) is 4.95. The van der Waals surface area contributed by atoms with Crippen LogP contribution in [0.25, 0.3) is 0 Å². The molecule has 0 fully saturated rings. The number of hydrazone groups is 1. The van der Waals surface area contributed by atoms with Gasteiger partial charge in [0.2, 0.25) is 5.75 Å². The molecule has 0 saturated heterocycles. The topological polar surface area (TPSA) is 114 Å². The summed E-state index contributed by atoms with van der Waals surface area (Å²) in [6.45, 7) is 5.47. The monoisotopic (exact) mass is 391 g/mol. The number of carbonyl (C=O) groups excluding carboxylic acids is 1. The number of phenols is 1. The van der Waals surface area contributed by atoms with Crippen molar-refractivity contribution in [3.63, 3.8) is 0 Å². The highest BCUT2D eigenvalue weighted by molar-refractivity contribution is 6.31. The smallest absolute Gasteiger partial charge is 0.312 e. The van der Waals surface area contributed by atoms with E-state index >= 15 is 0 Å². The second-order valence-electron chi connectivity index (χ2n) is 5.86. The lowest BCUT2D eigenvalue weighted by atomic mass is 10.1. The van der Waals surface area contributed by atoms with Crippen LogP contribution in [0.4, 0.5) is 5.69 Å². The maximum Gasteiger partial charge on any atom is 0.312 e. The average Bonchev–Trinajstić information content (AvgIpc) is 2.60. The fourth-order valence-corrected chi connectivity index (χ4v) is 2.56. The summed E-state index contributed by atoms with van der Waals surface area (Å²) in [7, 11) is 0. The standard InChI is InChI=1S/C18H18ClN3O5/c1-10-4-5-11(2)18(12(10)3)27-9-16(23)21-20-8-13-6-14(19)7-15(17(13)24)22(25)26/h4-8,24H,9H2,1-3H3,(H,21,23). The van der Waals surface area contributed by atoms with Gasteiger partial charge in [-0.05, 0) is 43.5 Å². The molecule has 0 unspecified atom stereocenters. The first-order valence-corrected chi connectivity index (χ1v) is 8.27. The molecule has 0 atom stereocenters. The van der Waals surface area contributed by atoms with E-state index in [0.29, 0.717) is 5.75 Å². The van der Waals surface area contributed by atoms with Crippen molar-refractivity contribution in [1.29, 1.82) is 0 Å². The number of carbonyl (C=O) groups is 1. The predicted octanol–water partition coefficient (Wildman–Crippen LogP) is 3.41. The molecule has 8 nitrogen and oxygen atoms in total. The quantitative estimate of drug-likeness (QED) is 0.445. The summed E-state index contributed by atoms with van der Waals surface area (Å²) in [5, 5.41) is 24.5. The molecule has 27 heavy (non-hydrogen) atoms. The van der Waals surface area contributed by atoms with E-state index in [-0.39, 0.29) is 17.2 Å². The van der Waals surface area contributed by atoms with Crippen molar-refractivity contribution in [1.82, 2.24) is 5.43 Å². The van der Waals surface area contributed by atoms with Crippen LogP contribution in [0.5, 0.6) is 11.5 Å². The zero-order chi connectivity index (χ0) is 20.1. The number of nitrogens with one attached hydrogen (secondary N) is 1.